The quantitative estimate of drug-likeness (QED) is 0.895. The maximum atomic E-state index is 12.5. The highest BCUT2D eigenvalue weighted by Crippen LogP contribution is 2.38. The molecule has 1 amide bonds. The number of likely N-dealkylation sites (N-methyl/N-ethyl adjacent to an activating group) is 1. The number of carbonyl (C=O) groups excluding carboxylic acids is 1. The minimum Gasteiger partial charge on any atom is -0.345 e. The number of pyridine rings is 1. The van der Waals surface area contributed by atoms with Crippen LogP contribution in [0, 0.1) is 5.41 Å². The molecule has 4 heteroatoms. The van der Waals surface area contributed by atoms with Gasteiger partial charge in [-0.2, -0.15) is 0 Å². The highest BCUT2D eigenvalue weighted by molar-refractivity contribution is 5.83. The summed E-state index contributed by atoms with van der Waals surface area (Å²) in [5, 5.41) is 0. The first-order chi connectivity index (χ1) is 9.04. The predicted molar refractivity (Wildman–Crippen MR) is 75.5 cm³/mol. The number of hydrogen-bond acceptors (Lipinski definition) is 3. The second-order valence-corrected chi connectivity index (χ2v) is 5.75. The van der Waals surface area contributed by atoms with Crippen molar-refractivity contribution in [2.75, 3.05) is 13.6 Å². The molecule has 2 unspecified atom stereocenters. The summed E-state index contributed by atoms with van der Waals surface area (Å²) in [5.41, 5.74) is 6.94. The molecule has 0 aromatic carbocycles. The van der Waals surface area contributed by atoms with E-state index in [9.17, 15) is 4.79 Å². The summed E-state index contributed by atoms with van der Waals surface area (Å²) < 4.78 is 0. The predicted octanol–water partition coefficient (Wildman–Crippen LogP) is 1.60. The van der Waals surface area contributed by atoms with E-state index >= 15 is 0 Å². The summed E-state index contributed by atoms with van der Waals surface area (Å²) in [6, 6.07) is 3.98. The van der Waals surface area contributed by atoms with Crippen molar-refractivity contribution in [3.63, 3.8) is 0 Å². The van der Waals surface area contributed by atoms with Gasteiger partial charge in [0.1, 0.15) is 0 Å². The Labute approximate surface area is 115 Å². The fourth-order valence-corrected chi connectivity index (χ4v) is 2.84. The van der Waals surface area contributed by atoms with Gasteiger partial charge in [0.05, 0.1) is 5.41 Å². The van der Waals surface area contributed by atoms with Gasteiger partial charge in [-0.25, -0.2) is 0 Å². The van der Waals surface area contributed by atoms with Crippen LogP contribution in [0.2, 0.25) is 0 Å². The zero-order chi connectivity index (χ0) is 13.9. The molecule has 1 aromatic heterocycles. The Kier molecular flexibility index (Phi) is 4.20. The van der Waals surface area contributed by atoms with E-state index in [0.717, 1.165) is 32.2 Å². The van der Waals surface area contributed by atoms with Crippen LogP contribution in [0.1, 0.15) is 31.7 Å². The van der Waals surface area contributed by atoms with Gasteiger partial charge in [-0.05, 0) is 43.9 Å². The van der Waals surface area contributed by atoms with Gasteiger partial charge in [0, 0.05) is 32.0 Å². The Morgan fingerprint density at radius 1 is 1.53 bits per heavy atom. The molecule has 0 saturated heterocycles. The summed E-state index contributed by atoms with van der Waals surface area (Å²) in [6.45, 7) is 2.74. The van der Waals surface area contributed by atoms with Crippen molar-refractivity contribution in [2.24, 2.45) is 11.1 Å². The van der Waals surface area contributed by atoms with Crippen LogP contribution < -0.4 is 5.73 Å². The van der Waals surface area contributed by atoms with Gasteiger partial charge in [-0.3, -0.25) is 9.78 Å². The van der Waals surface area contributed by atoms with Crippen molar-refractivity contribution in [1.29, 1.82) is 0 Å². The Bertz CT molecular complexity index is 434. The van der Waals surface area contributed by atoms with Crippen molar-refractivity contribution < 1.29 is 4.79 Å². The fraction of sp³-hybridized carbons (Fsp3) is 0.600. The summed E-state index contributed by atoms with van der Waals surface area (Å²) in [4.78, 5) is 18.4. The molecule has 104 valence electrons. The third kappa shape index (κ3) is 2.95. The number of hydrogen-bond donors (Lipinski definition) is 1. The van der Waals surface area contributed by atoms with Gasteiger partial charge in [0.15, 0.2) is 0 Å². The summed E-state index contributed by atoms with van der Waals surface area (Å²) in [7, 11) is 1.87. The summed E-state index contributed by atoms with van der Waals surface area (Å²) >= 11 is 0. The van der Waals surface area contributed by atoms with E-state index < -0.39 is 0 Å². The molecule has 2 N–H and O–H groups in total. The SMILES string of the molecule is CN(CCc1ccncc1)C(=O)C1(C)CCCC1N. The zero-order valence-electron chi connectivity index (χ0n) is 11.8. The lowest BCUT2D eigenvalue weighted by molar-refractivity contribution is -0.140. The van der Waals surface area contributed by atoms with E-state index in [2.05, 4.69) is 4.98 Å². The van der Waals surface area contributed by atoms with Crippen molar-refractivity contribution >= 4 is 5.91 Å². The standard InChI is InChI=1S/C15H23N3O/c1-15(8-3-4-13(15)16)14(19)18(2)11-7-12-5-9-17-10-6-12/h5-6,9-10,13H,3-4,7-8,11,16H2,1-2H3. The van der Waals surface area contributed by atoms with Gasteiger partial charge in [-0.1, -0.05) is 6.42 Å². The third-order valence-electron chi connectivity index (χ3n) is 4.35. The minimum absolute atomic E-state index is 0.00313. The number of nitrogens with two attached hydrogens (primary N) is 1. The normalized spacial score (nSPS) is 26.4. The highest BCUT2D eigenvalue weighted by atomic mass is 16.2. The van der Waals surface area contributed by atoms with Crippen LogP contribution in [0.25, 0.3) is 0 Å². The molecule has 1 saturated carbocycles. The first-order valence-corrected chi connectivity index (χ1v) is 6.94. The first kappa shape index (κ1) is 14.0. The molecule has 0 aliphatic heterocycles. The maximum absolute atomic E-state index is 12.5. The van der Waals surface area contributed by atoms with Crippen molar-refractivity contribution in [2.45, 2.75) is 38.6 Å². The van der Waals surface area contributed by atoms with Crippen molar-refractivity contribution in [3.05, 3.63) is 30.1 Å². The molecule has 1 aromatic rings. The molecular weight excluding hydrogens is 238 g/mol. The largest absolute Gasteiger partial charge is 0.345 e. The Morgan fingerprint density at radius 3 is 2.79 bits per heavy atom. The van der Waals surface area contributed by atoms with Crippen LogP contribution in [0.5, 0.6) is 0 Å². The highest BCUT2D eigenvalue weighted by Gasteiger charge is 2.44. The summed E-state index contributed by atoms with van der Waals surface area (Å²) in [5.74, 6) is 0.187. The molecule has 1 heterocycles. The van der Waals surface area contributed by atoms with E-state index in [4.69, 9.17) is 5.73 Å². The lowest BCUT2D eigenvalue weighted by atomic mass is 9.83. The van der Waals surface area contributed by atoms with Gasteiger partial charge >= 0.3 is 0 Å². The molecule has 4 nitrogen and oxygen atoms in total. The van der Waals surface area contributed by atoms with E-state index in [-0.39, 0.29) is 17.4 Å². The molecule has 0 spiro atoms. The fourth-order valence-electron chi connectivity index (χ4n) is 2.84. The molecule has 19 heavy (non-hydrogen) atoms. The van der Waals surface area contributed by atoms with Gasteiger partial charge in [0.2, 0.25) is 5.91 Å². The third-order valence-corrected chi connectivity index (χ3v) is 4.35. The Morgan fingerprint density at radius 2 is 2.21 bits per heavy atom. The number of aromatic nitrogens is 1. The minimum atomic E-state index is -0.368. The van der Waals surface area contributed by atoms with Crippen LogP contribution in [0.3, 0.4) is 0 Å². The lowest BCUT2D eigenvalue weighted by Gasteiger charge is -2.32. The Hall–Kier alpha value is -1.42. The molecule has 0 radical (unpaired) electrons. The average Bonchev–Trinajstić information content (AvgIpc) is 2.77. The molecule has 2 rings (SSSR count). The smallest absolute Gasteiger partial charge is 0.229 e. The number of nitrogens with zero attached hydrogens (tertiary/aromatic N) is 2. The molecular formula is C15H23N3O. The monoisotopic (exact) mass is 261 g/mol. The number of carbonyl (C=O) groups is 1. The van der Waals surface area contributed by atoms with Crippen LogP contribution in [-0.2, 0) is 11.2 Å². The summed E-state index contributed by atoms with van der Waals surface area (Å²) in [6.07, 6.45) is 7.35. The number of amides is 1. The average molecular weight is 261 g/mol. The van der Waals surface area contributed by atoms with Crippen LogP contribution in [0.4, 0.5) is 0 Å². The molecule has 0 bridgehead atoms. The maximum Gasteiger partial charge on any atom is 0.229 e. The van der Waals surface area contributed by atoms with E-state index in [1.54, 1.807) is 12.4 Å². The van der Waals surface area contributed by atoms with Crippen molar-refractivity contribution in [3.8, 4) is 0 Å². The van der Waals surface area contributed by atoms with E-state index in [1.165, 1.54) is 5.56 Å². The van der Waals surface area contributed by atoms with Crippen molar-refractivity contribution in [1.82, 2.24) is 9.88 Å². The van der Waals surface area contributed by atoms with Crippen LogP contribution >= 0.6 is 0 Å². The van der Waals surface area contributed by atoms with E-state index in [1.807, 2.05) is 31.0 Å². The molecule has 1 aliphatic carbocycles. The molecule has 1 aliphatic rings. The second kappa shape index (κ2) is 5.70. The topological polar surface area (TPSA) is 59.2 Å². The first-order valence-electron chi connectivity index (χ1n) is 6.94. The van der Waals surface area contributed by atoms with Gasteiger partial charge < -0.3 is 10.6 Å². The van der Waals surface area contributed by atoms with Crippen LogP contribution in [0.15, 0.2) is 24.5 Å². The van der Waals surface area contributed by atoms with Crippen LogP contribution in [-0.4, -0.2) is 35.4 Å². The van der Waals surface area contributed by atoms with Gasteiger partial charge in [0.25, 0.3) is 0 Å². The second-order valence-electron chi connectivity index (χ2n) is 5.75. The molecule has 2 atom stereocenters. The molecule has 1 fully saturated rings. The zero-order valence-corrected chi connectivity index (χ0v) is 11.8. The number of rotatable bonds is 4. The van der Waals surface area contributed by atoms with Gasteiger partial charge in [-0.15, -0.1) is 0 Å². The Balaban J connectivity index is 1.93. The lowest BCUT2D eigenvalue weighted by Crippen LogP contribution is -2.48. The van der Waals surface area contributed by atoms with E-state index in [0.29, 0.717) is 0 Å².